The summed E-state index contributed by atoms with van der Waals surface area (Å²) in [7, 11) is 1.32. The van der Waals surface area contributed by atoms with Crippen LogP contribution in [0.25, 0.3) is 0 Å². The molecular weight excluding hydrogens is 312 g/mol. The molecule has 7 heteroatoms. The molecule has 1 saturated carbocycles. The highest BCUT2D eigenvalue weighted by molar-refractivity contribution is 7.10. The molecule has 0 radical (unpaired) electrons. The van der Waals surface area contributed by atoms with Crippen LogP contribution >= 0.6 is 23.7 Å². The van der Waals surface area contributed by atoms with Gasteiger partial charge in [-0.25, -0.2) is 4.79 Å². The Kier molecular flexibility index (Phi) is 7.14. The van der Waals surface area contributed by atoms with E-state index in [1.165, 1.54) is 18.4 Å². The summed E-state index contributed by atoms with van der Waals surface area (Å²) < 4.78 is 4.76. The van der Waals surface area contributed by atoms with Gasteiger partial charge in [-0.1, -0.05) is 12.5 Å². The minimum atomic E-state index is -0.717. The number of esters is 1. The van der Waals surface area contributed by atoms with Gasteiger partial charge in [0.05, 0.1) is 7.11 Å². The number of halogens is 1. The van der Waals surface area contributed by atoms with Crippen molar-refractivity contribution in [3.05, 3.63) is 22.4 Å². The largest absolute Gasteiger partial charge is 0.467 e. The second-order valence-corrected chi connectivity index (χ2v) is 6.08. The van der Waals surface area contributed by atoms with Gasteiger partial charge in [0.25, 0.3) is 0 Å². The maximum atomic E-state index is 12.1. The van der Waals surface area contributed by atoms with Crippen LogP contribution in [0.5, 0.6) is 0 Å². The maximum Gasteiger partial charge on any atom is 0.333 e. The third-order valence-corrected chi connectivity index (χ3v) is 4.67. The predicted molar refractivity (Wildman–Crippen MR) is 84.4 cm³/mol. The van der Waals surface area contributed by atoms with Gasteiger partial charge in [0.1, 0.15) is 0 Å². The highest BCUT2D eigenvalue weighted by atomic mass is 35.5. The van der Waals surface area contributed by atoms with E-state index in [-0.39, 0.29) is 30.3 Å². The maximum absolute atomic E-state index is 12.1. The SMILES string of the molecule is COC(=O)C(NC(=O)C[C@@H]1CCC[C@H]1N)c1cccs1.Cl. The molecule has 1 aliphatic rings. The van der Waals surface area contributed by atoms with Crippen molar-refractivity contribution in [3.63, 3.8) is 0 Å². The van der Waals surface area contributed by atoms with Crippen molar-refractivity contribution in [2.24, 2.45) is 11.7 Å². The molecule has 3 N–H and O–H groups in total. The zero-order valence-electron chi connectivity index (χ0n) is 11.9. The summed E-state index contributed by atoms with van der Waals surface area (Å²) in [6.07, 6.45) is 3.41. The lowest BCUT2D eigenvalue weighted by molar-refractivity contribution is -0.145. The van der Waals surface area contributed by atoms with E-state index >= 15 is 0 Å². The molecule has 1 heterocycles. The number of methoxy groups -OCH3 is 1. The molecule has 1 aromatic heterocycles. The van der Waals surface area contributed by atoms with E-state index in [9.17, 15) is 9.59 Å². The van der Waals surface area contributed by atoms with E-state index in [2.05, 4.69) is 5.32 Å². The van der Waals surface area contributed by atoms with E-state index in [1.54, 1.807) is 0 Å². The van der Waals surface area contributed by atoms with E-state index in [0.29, 0.717) is 6.42 Å². The number of nitrogens with one attached hydrogen (secondary N) is 1. The van der Waals surface area contributed by atoms with Crippen molar-refractivity contribution in [1.82, 2.24) is 5.32 Å². The van der Waals surface area contributed by atoms with Crippen molar-refractivity contribution in [1.29, 1.82) is 0 Å². The van der Waals surface area contributed by atoms with Crippen molar-refractivity contribution >= 4 is 35.6 Å². The highest BCUT2D eigenvalue weighted by Crippen LogP contribution is 2.27. The number of rotatable bonds is 5. The van der Waals surface area contributed by atoms with Crippen molar-refractivity contribution in [2.75, 3.05) is 7.11 Å². The van der Waals surface area contributed by atoms with Gasteiger partial charge in [0.2, 0.25) is 5.91 Å². The van der Waals surface area contributed by atoms with Gasteiger partial charge in [-0.3, -0.25) is 4.79 Å². The van der Waals surface area contributed by atoms with Gasteiger partial charge >= 0.3 is 5.97 Å². The Morgan fingerprint density at radius 3 is 2.81 bits per heavy atom. The summed E-state index contributed by atoms with van der Waals surface area (Å²) in [5.74, 6) is -0.371. The normalized spacial score (nSPS) is 22.2. The number of thiophene rings is 1. The van der Waals surface area contributed by atoms with Gasteiger partial charge in [-0.2, -0.15) is 0 Å². The van der Waals surface area contributed by atoms with Crippen LogP contribution in [-0.2, 0) is 14.3 Å². The molecule has 1 aromatic rings. The fourth-order valence-electron chi connectivity index (χ4n) is 2.60. The summed E-state index contributed by atoms with van der Waals surface area (Å²) in [5.41, 5.74) is 5.97. The number of hydrogen-bond donors (Lipinski definition) is 2. The lowest BCUT2D eigenvalue weighted by Crippen LogP contribution is -2.37. The van der Waals surface area contributed by atoms with Gasteiger partial charge in [0.15, 0.2) is 6.04 Å². The topological polar surface area (TPSA) is 81.4 Å². The molecule has 0 aliphatic heterocycles. The van der Waals surface area contributed by atoms with Gasteiger partial charge in [-0.15, -0.1) is 23.7 Å². The number of carbonyl (C=O) groups is 2. The zero-order valence-corrected chi connectivity index (χ0v) is 13.5. The average Bonchev–Trinajstić information content (AvgIpc) is 3.08. The molecule has 1 amide bonds. The first-order chi connectivity index (χ1) is 9.61. The Hall–Kier alpha value is -1.11. The van der Waals surface area contributed by atoms with Crippen LogP contribution < -0.4 is 11.1 Å². The summed E-state index contributed by atoms with van der Waals surface area (Å²) >= 11 is 1.42. The van der Waals surface area contributed by atoms with Crippen LogP contribution in [0.3, 0.4) is 0 Å². The Bertz CT molecular complexity index is 467. The minimum Gasteiger partial charge on any atom is -0.467 e. The molecule has 0 saturated heterocycles. The van der Waals surface area contributed by atoms with Crippen molar-refractivity contribution in [3.8, 4) is 0 Å². The molecule has 2 rings (SSSR count). The second-order valence-electron chi connectivity index (χ2n) is 5.10. The summed E-state index contributed by atoms with van der Waals surface area (Å²) in [6, 6.07) is 3.03. The minimum absolute atomic E-state index is 0. The van der Waals surface area contributed by atoms with E-state index in [0.717, 1.165) is 24.1 Å². The lowest BCUT2D eigenvalue weighted by Gasteiger charge is -2.18. The Labute approximate surface area is 134 Å². The predicted octanol–water partition coefficient (Wildman–Crippen LogP) is 2.02. The number of carbonyl (C=O) groups excluding carboxylic acids is 2. The molecule has 118 valence electrons. The van der Waals surface area contributed by atoms with Crippen LogP contribution in [0.4, 0.5) is 0 Å². The quantitative estimate of drug-likeness (QED) is 0.808. The Morgan fingerprint density at radius 2 is 2.29 bits per heavy atom. The molecular formula is C14H21ClN2O3S. The number of nitrogens with two attached hydrogens (primary N) is 1. The van der Waals surface area contributed by atoms with Crippen LogP contribution in [0, 0.1) is 5.92 Å². The Balaban J connectivity index is 0.00000220. The van der Waals surface area contributed by atoms with E-state index < -0.39 is 12.0 Å². The molecule has 0 bridgehead atoms. The first kappa shape index (κ1) is 17.9. The molecule has 1 aliphatic carbocycles. The molecule has 3 atom stereocenters. The molecule has 0 aromatic carbocycles. The van der Waals surface area contributed by atoms with Crippen LogP contribution in [0.2, 0.25) is 0 Å². The van der Waals surface area contributed by atoms with Crippen LogP contribution in [0.15, 0.2) is 17.5 Å². The van der Waals surface area contributed by atoms with Crippen molar-refractivity contribution < 1.29 is 14.3 Å². The number of amides is 1. The summed E-state index contributed by atoms with van der Waals surface area (Å²) in [5, 5.41) is 4.62. The third kappa shape index (κ3) is 4.69. The highest BCUT2D eigenvalue weighted by Gasteiger charge is 2.29. The summed E-state index contributed by atoms with van der Waals surface area (Å²) in [4.78, 5) is 24.7. The van der Waals surface area contributed by atoms with Crippen molar-refractivity contribution in [2.45, 2.75) is 37.8 Å². The lowest BCUT2D eigenvalue weighted by atomic mass is 9.99. The standard InChI is InChI=1S/C14H20N2O3S.ClH/c1-19-14(18)13(11-6-3-7-20-11)16-12(17)8-9-4-2-5-10(9)15;/h3,6-7,9-10,13H,2,4-5,8,15H2,1H3,(H,16,17);1H/t9-,10+,13?;/m0./s1. The van der Waals surface area contributed by atoms with Crippen LogP contribution in [0.1, 0.15) is 36.6 Å². The van der Waals surface area contributed by atoms with Gasteiger partial charge in [-0.05, 0) is 30.2 Å². The first-order valence-electron chi connectivity index (χ1n) is 6.78. The fourth-order valence-corrected chi connectivity index (χ4v) is 3.36. The Morgan fingerprint density at radius 1 is 1.52 bits per heavy atom. The fraction of sp³-hybridized carbons (Fsp3) is 0.571. The smallest absolute Gasteiger partial charge is 0.333 e. The molecule has 5 nitrogen and oxygen atoms in total. The average molecular weight is 333 g/mol. The van der Waals surface area contributed by atoms with E-state index in [4.69, 9.17) is 10.5 Å². The second kappa shape index (κ2) is 8.36. The van der Waals surface area contributed by atoms with Gasteiger partial charge in [0, 0.05) is 17.3 Å². The monoisotopic (exact) mass is 332 g/mol. The molecule has 0 spiro atoms. The number of hydrogen-bond acceptors (Lipinski definition) is 5. The van der Waals surface area contributed by atoms with Crippen LogP contribution in [-0.4, -0.2) is 25.0 Å². The molecule has 21 heavy (non-hydrogen) atoms. The summed E-state index contributed by atoms with van der Waals surface area (Å²) in [6.45, 7) is 0. The third-order valence-electron chi connectivity index (χ3n) is 3.74. The van der Waals surface area contributed by atoms with E-state index in [1.807, 2.05) is 17.5 Å². The first-order valence-corrected chi connectivity index (χ1v) is 7.66. The molecule has 1 fully saturated rings. The zero-order chi connectivity index (χ0) is 14.5. The van der Waals surface area contributed by atoms with Gasteiger partial charge < -0.3 is 15.8 Å². The molecule has 1 unspecified atom stereocenters. The number of ether oxygens (including phenoxy) is 1.